The molecule has 3 aromatic rings. The lowest BCUT2D eigenvalue weighted by Gasteiger charge is -2.18. The molecule has 0 aliphatic carbocycles. The number of rotatable bonds is 2. The average molecular weight is 264 g/mol. The number of anilines is 2. The minimum atomic E-state index is 0.610. The first kappa shape index (κ1) is 12.1. The Morgan fingerprint density at radius 2 is 2.15 bits per heavy atom. The molecular formula is C14H12N6. The van der Waals surface area contributed by atoms with Crippen molar-refractivity contribution >= 4 is 17.2 Å². The van der Waals surface area contributed by atoms with E-state index in [9.17, 15) is 0 Å². The number of fused-ring (bicyclic) bond motifs is 1. The molecule has 98 valence electrons. The number of benzene rings is 1. The molecule has 0 amide bonds. The van der Waals surface area contributed by atoms with Gasteiger partial charge in [0.15, 0.2) is 5.82 Å². The number of hydrogen-bond donors (Lipinski definition) is 0. The fraction of sp³-hybridized carbons (Fsp3) is 0.143. The largest absolute Gasteiger partial charge is 0.326 e. The number of aromatic nitrogens is 4. The molecule has 0 saturated heterocycles. The zero-order valence-electron chi connectivity index (χ0n) is 11.1. The van der Waals surface area contributed by atoms with E-state index >= 15 is 0 Å². The molecule has 0 spiro atoms. The highest BCUT2D eigenvalue weighted by molar-refractivity contribution is 5.72. The highest BCUT2D eigenvalue weighted by Crippen LogP contribution is 2.25. The average Bonchev–Trinajstić information content (AvgIpc) is 2.88. The Morgan fingerprint density at radius 1 is 1.30 bits per heavy atom. The van der Waals surface area contributed by atoms with Crippen LogP contribution in [0, 0.1) is 18.3 Å². The van der Waals surface area contributed by atoms with Crippen molar-refractivity contribution in [2.45, 2.75) is 6.92 Å². The van der Waals surface area contributed by atoms with Crippen LogP contribution in [0.3, 0.4) is 0 Å². The Bertz CT molecular complexity index is 814. The highest BCUT2D eigenvalue weighted by Gasteiger charge is 2.13. The van der Waals surface area contributed by atoms with Gasteiger partial charge >= 0.3 is 0 Å². The third-order valence-electron chi connectivity index (χ3n) is 3.16. The van der Waals surface area contributed by atoms with E-state index in [4.69, 9.17) is 5.26 Å². The molecule has 0 bridgehead atoms. The van der Waals surface area contributed by atoms with Gasteiger partial charge in [0.05, 0.1) is 11.6 Å². The zero-order valence-corrected chi connectivity index (χ0v) is 11.1. The zero-order chi connectivity index (χ0) is 14.1. The minimum absolute atomic E-state index is 0.610. The third-order valence-corrected chi connectivity index (χ3v) is 3.16. The van der Waals surface area contributed by atoms with Gasteiger partial charge in [-0.3, -0.25) is 4.40 Å². The lowest BCUT2D eigenvalue weighted by Crippen LogP contribution is -2.13. The van der Waals surface area contributed by atoms with Crippen LogP contribution in [0.25, 0.3) is 5.65 Å². The first-order valence-corrected chi connectivity index (χ1v) is 6.11. The van der Waals surface area contributed by atoms with E-state index in [0.717, 1.165) is 11.5 Å². The van der Waals surface area contributed by atoms with Crippen LogP contribution in [-0.2, 0) is 0 Å². The molecule has 2 aromatic heterocycles. The molecule has 0 aliphatic heterocycles. The van der Waals surface area contributed by atoms with Crippen molar-refractivity contribution in [2.24, 2.45) is 0 Å². The molecule has 6 heteroatoms. The van der Waals surface area contributed by atoms with Crippen LogP contribution in [0.1, 0.15) is 11.4 Å². The van der Waals surface area contributed by atoms with E-state index in [1.165, 1.54) is 0 Å². The lowest BCUT2D eigenvalue weighted by molar-refractivity contribution is 0.998. The van der Waals surface area contributed by atoms with Crippen molar-refractivity contribution in [1.82, 2.24) is 19.6 Å². The summed E-state index contributed by atoms with van der Waals surface area (Å²) in [6.07, 6.45) is 3.54. The van der Waals surface area contributed by atoms with E-state index in [-0.39, 0.29) is 0 Å². The van der Waals surface area contributed by atoms with E-state index in [2.05, 4.69) is 21.3 Å². The molecule has 0 atom stereocenters. The van der Waals surface area contributed by atoms with Gasteiger partial charge in [0.2, 0.25) is 5.65 Å². The SMILES string of the molecule is Cc1nnc2c(N(C)c3cccc(C#N)c3)nccn12. The molecule has 0 radical (unpaired) electrons. The van der Waals surface area contributed by atoms with Crippen LogP contribution < -0.4 is 4.90 Å². The number of aryl methyl sites for hydroxylation is 1. The maximum Gasteiger partial charge on any atom is 0.204 e. The van der Waals surface area contributed by atoms with Gasteiger partial charge in [0.1, 0.15) is 5.82 Å². The van der Waals surface area contributed by atoms with E-state index in [0.29, 0.717) is 17.0 Å². The summed E-state index contributed by atoms with van der Waals surface area (Å²) in [5, 5.41) is 17.2. The molecule has 0 N–H and O–H groups in total. The van der Waals surface area contributed by atoms with Crippen LogP contribution in [-0.4, -0.2) is 26.6 Å². The summed E-state index contributed by atoms with van der Waals surface area (Å²) in [4.78, 5) is 6.26. The molecule has 0 aliphatic rings. The lowest BCUT2D eigenvalue weighted by atomic mass is 10.2. The van der Waals surface area contributed by atoms with E-state index in [1.807, 2.05) is 47.7 Å². The Hall–Kier alpha value is -2.94. The van der Waals surface area contributed by atoms with Crippen molar-refractivity contribution < 1.29 is 0 Å². The Balaban J connectivity index is 2.13. The molecule has 0 unspecified atom stereocenters. The summed E-state index contributed by atoms with van der Waals surface area (Å²) in [6, 6.07) is 9.49. The molecule has 0 fully saturated rings. The van der Waals surface area contributed by atoms with Crippen molar-refractivity contribution in [3.05, 3.63) is 48.0 Å². The predicted molar refractivity (Wildman–Crippen MR) is 74.7 cm³/mol. The van der Waals surface area contributed by atoms with Crippen molar-refractivity contribution in [2.75, 3.05) is 11.9 Å². The van der Waals surface area contributed by atoms with Gasteiger partial charge in [-0.25, -0.2) is 4.98 Å². The summed E-state index contributed by atoms with van der Waals surface area (Å²) < 4.78 is 1.88. The fourth-order valence-corrected chi connectivity index (χ4v) is 2.07. The van der Waals surface area contributed by atoms with Crippen LogP contribution in [0.4, 0.5) is 11.5 Å². The fourth-order valence-electron chi connectivity index (χ4n) is 2.07. The number of hydrogen-bond acceptors (Lipinski definition) is 5. The van der Waals surface area contributed by atoms with Gasteiger partial charge in [-0.2, -0.15) is 5.26 Å². The molecule has 0 saturated carbocycles. The van der Waals surface area contributed by atoms with Gasteiger partial charge in [-0.05, 0) is 25.1 Å². The number of nitrogens with zero attached hydrogens (tertiary/aromatic N) is 6. The van der Waals surface area contributed by atoms with Gasteiger partial charge in [0, 0.05) is 25.1 Å². The molecule has 3 rings (SSSR count). The first-order valence-electron chi connectivity index (χ1n) is 6.11. The highest BCUT2D eigenvalue weighted by atomic mass is 15.3. The summed E-state index contributed by atoms with van der Waals surface area (Å²) in [7, 11) is 1.89. The van der Waals surface area contributed by atoms with Gasteiger partial charge in [-0.15, -0.1) is 10.2 Å². The summed E-state index contributed by atoms with van der Waals surface area (Å²) in [5.41, 5.74) is 2.18. The standard InChI is InChI=1S/C14H12N6/c1-10-17-18-14-13(16-6-7-20(10)14)19(2)12-5-3-4-11(8-12)9-15/h3-8H,1-2H3. The van der Waals surface area contributed by atoms with Crippen molar-refractivity contribution in [3.8, 4) is 6.07 Å². The monoisotopic (exact) mass is 264 g/mol. The maximum atomic E-state index is 8.98. The minimum Gasteiger partial charge on any atom is -0.326 e. The topological polar surface area (TPSA) is 70.1 Å². The van der Waals surface area contributed by atoms with Crippen molar-refractivity contribution in [3.63, 3.8) is 0 Å². The molecular weight excluding hydrogens is 252 g/mol. The molecule has 6 nitrogen and oxygen atoms in total. The van der Waals surface area contributed by atoms with Crippen LogP contribution in [0.2, 0.25) is 0 Å². The summed E-state index contributed by atoms with van der Waals surface area (Å²) >= 11 is 0. The second-order valence-corrected chi connectivity index (χ2v) is 4.41. The summed E-state index contributed by atoms with van der Waals surface area (Å²) in [5.74, 6) is 1.51. The predicted octanol–water partition coefficient (Wildman–Crippen LogP) is 2.07. The quantitative estimate of drug-likeness (QED) is 0.708. The molecule has 20 heavy (non-hydrogen) atoms. The smallest absolute Gasteiger partial charge is 0.204 e. The third kappa shape index (κ3) is 1.86. The van der Waals surface area contributed by atoms with Gasteiger partial charge in [-0.1, -0.05) is 6.07 Å². The van der Waals surface area contributed by atoms with Gasteiger partial charge in [0.25, 0.3) is 0 Å². The van der Waals surface area contributed by atoms with E-state index in [1.54, 1.807) is 12.3 Å². The summed E-state index contributed by atoms with van der Waals surface area (Å²) in [6.45, 7) is 1.89. The Morgan fingerprint density at radius 3 is 2.95 bits per heavy atom. The second-order valence-electron chi connectivity index (χ2n) is 4.41. The van der Waals surface area contributed by atoms with Crippen LogP contribution >= 0.6 is 0 Å². The Labute approximate surface area is 115 Å². The second kappa shape index (κ2) is 4.63. The molecule has 2 heterocycles. The maximum absolute atomic E-state index is 8.98. The van der Waals surface area contributed by atoms with Crippen molar-refractivity contribution in [1.29, 1.82) is 5.26 Å². The molecule has 1 aromatic carbocycles. The van der Waals surface area contributed by atoms with Crippen LogP contribution in [0.5, 0.6) is 0 Å². The normalized spacial score (nSPS) is 10.4. The van der Waals surface area contributed by atoms with Gasteiger partial charge < -0.3 is 4.90 Å². The van der Waals surface area contributed by atoms with E-state index < -0.39 is 0 Å². The first-order chi connectivity index (χ1) is 9.70. The Kier molecular flexibility index (Phi) is 2.80. The van der Waals surface area contributed by atoms with Crippen LogP contribution in [0.15, 0.2) is 36.7 Å². The number of nitriles is 1.